The summed E-state index contributed by atoms with van der Waals surface area (Å²) in [6, 6.07) is 3.73. The Kier molecular flexibility index (Phi) is 3.91. The van der Waals surface area contributed by atoms with Gasteiger partial charge in [-0.05, 0) is 30.5 Å². The third kappa shape index (κ3) is 3.10. The van der Waals surface area contributed by atoms with E-state index in [9.17, 15) is 13.6 Å². The van der Waals surface area contributed by atoms with E-state index in [1.54, 1.807) is 16.2 Å². The lowest BCUT2D eigenvalue weighted by Gasteiger charge is -2.34. The maximum atomic E-state index is 13.3. The molecule has 0 atom stereocenters. The minimum atomic E-state index is -0.889. The molecule has 4 rings (SSSR count). The Bertz CT molecular complexity index is 777. The Morgan fingerprint density at radius 1 is 1.17 bits per heavy atom. The number of rotatable bonds is 4. The van der Waals surface area contributed by atoms with Crippen LogP contribution in [0.3, 0.4) is 0 Å². The summed E-state index contributed by atoms with van der Waals surface area (Å²) in [6.45, 7) is 1.71. The van der Waals surface area contributed by atoms with E-state index in [1.165, 1.54) is 18.9 Å². The summed E-state index contributed by atoms with van der Waals surface area (Å²) in [7, 11) is 0. The topological polar surface area (TPSA) is 49.3 Å². The van der Waals surface area contributed by atoms with Crippen molar-refractivity contribution in [2.75, 3.05) is 24.5 Å². The van der Waals surface area contributed by atoms with Crippen LogP contribution in [-0.2, 0) is 11.3 Å². The molecule has 1 amide bonds. The van der Waals surface area contributed by atoms with Gasteiger partial charge in [-0.3, -0.25) is 4.79 Å². The van der Waals surface area contributed by atoms with Crippen molar-refractivity contribution in [1.29, 1.82) is 0 Å². The molecule has 1 aliphatic carbocycles. The Morgan fingerprint density at radius 3 is 2.71 bits per heavy atom. The van der Waals surface area contributed by atoms with Gasteiger partial charge in [0, 0.05) is 25.6 Å². The fraction of sp³-hybridized carbons (Fsp3) is 0.438. The molecule has 1 aliphatic heterocycles. The van der Waals surface area contributed by atoms with E-state index in [1.807, 2.05) is 4.90 Å². The highest BCUT2D eigenvalue weighted by Gasteiger charge is 2.30. The number of halogens is 2. The van der Waals surface area contributed by atoms with Crippen LogP contribution in [0.1, 0.15) is 29.3 Å². The van der Waals surface area contributed by atoms with Crippen LogP contribution in [0.25, 0.3) is 0 Å². The zero-order valence-electron chi connectivity index (χ0n) is 12.9. The minimum Gasteiger partial charge on any atom is -0.336 e. The number of amides is 1. The predicted molar refractivity (Wildman–Crippen MR) is 85.9 cm³/mol. The van der Waals surface area contributed by atoms with Crippen LogP contribution in [0.15, 0.2) is 18.2 Å². The van der Waals surface area contributed by atoms with E-state index >= 15 is 0 Å². The zero-order chi connectivity index (χ0) is 16.7. The van der Waals surface area contributed by atoms with Crippen molar-refractivity contribution in [2.45, 2.75) is 25.3 Å². The number of hydrogen-bond donors (Lipinski definition) is 0. The number of hydrogen-bond acceptors (Lipinski definition) is 5. The van der Waals surface area contributed by atoms with E-state index in [4.69, 9.17) is 0 Å². The molecule has 8 heteroatoms. The minimum absolute atomic E-state index is 0.0471. The molecule has 2 aliphatic rings. The SMILES string of the molecule is O=C1CN(c2nnc(C3CC3)s2)CCN1Cc1ccc(F)c(F)c1. The number of benzene rings is 1. The third-order valence-electron chi connectivity index (χ3n) is 4.30. The molecule has 1 saturated heterocycles. The standard InChI is InChI=1S/C16H16F2N4OS/c17-12-4-1-10(7-13(12)18)8-21-5-6-22(9-14(21)23)16-20-19-15(24-16)11-2-3-11/h1,4,7,11H,2-3,5-6,8-9H2. The van der Waals surface area contributed by atoms with Gasteiger partial charge in [-0.1, -0.05) is 17.4 Å². The summed E-state index contributed by atoms with van der Waals surface area (Å²) in [5.74, 6) is -1.26. The summed E-state index contributed by atoms with van der Waals surface area (Å²) in [6.07, 6.45) is 2.35. The van der Waals surface area contributed by atoms with E-state index < -0.39 is 11.6 Å². The van der Waals surface area contributed by atoms with Crippen molar-refractivity contribution < 1.29 is 13.6 Å². The van der Waals surface area contributed by atoms with Crippen molar-refractivity contribution in [1.82, 2.24) is 15.1 Å². The summed E-state index contributed by atoms with van der Waals surface area (Å²) in [5.41, 5.74) is 0.586. The van der Waals surface area contributed by atoms with Crippen LogP contribution in [0, 0.1) is 11.6 Å². The van der Waals surface area contributed by atoms with Crippen molar-refractivity contribution in [3.63, 3.8) is 0 Å². The van der Waals surface area contributed by atoms with Crippen molar-refractivity contribution in [3.8, 4) is 0 Å². The van der Waals surface area contributed by atoms with Gasteiger partial charge in [0.05, 0.1) is 6.54 Å². The molecular weight excluding hydrogens is 334 g/mol. The highest BCUT2D eigenvalue weighted by molar-refractivity contribution is 7.15. The summed E-state index contributed by atoms with van der Waals surface area (Å²) < 4.78 is 26.3. The van der Waals surface area contributed by atoms with Crippen LogP contribution < -0.4 is 4.90 Å². The van der Waals surface area contributed by atoms with Gasteiger partial charge in [-0.25, -0.2) is 8.78 Å². The number of piperazine rings is 1. The molecule has 5 nitrogen and oxygen atoms in total. The van der Waals surface area contributed by atoms with Crippen LogP contribution in [0.4, 0.5) is 13.9 Å². The molecule has 0 N–H and O–H groups in total. The second-order valence-corrected chi connectivity index (χ2v) is 7.17. The first-order valence-electron chi connectivity index (χ1n) is 7.90. The van der Waals surface area contributed by atoms with Crippen LogP contribution >= 0.6 is 11.3 Å². The highest BCUT2D eigenvalue weighted by Crippen LogP contribution is 2.42. The average Bonchev–Trinajstić information content (AvgIpc) is 3.30. The van der Waals surface area contributed by atoms with Crippen molar-refractivity contribution in [2.24, 2.45) is 0 Å². The lowest BCUT2D eigenvalue weighted by atomic mass is 10.2. The Hall–Kier alpha value is -2.09. The van der Waals surface area contributed by atoms with Gasteiger partial charge in [-0.15, -0.1) is 10.2 Å². The van der Waals surface area contributed by atoms with Gasteiger partial charge in [0.25, 0.3) is 0 Å². The maximum absolute atomic E-state index is 13.3. The fourth-order valence-electron chi connectivity index (χ4n) is 2.75. The summed E-state index contributed by atoms with van der Waals surface area (Å²) in [4.78, 5) is 16.0. The Balaban J connectivity index is 1.40. The van der Waals surface area contributed by atoms with Gasteiger partial charge in [0.2, 0.25) is 11.0 Å². The molecule has 0 spiro atoms. The van der Waals surface area contributed by atoms with Gasteiger partial charge in [0.15, 0.2) is 11.6 Å². The highest BCUT2D eigenvalue weighted by atomic mass is 32.1. The molecule has 0 unspecified atom stereocenters. The second-order valence-electron chi connectivity index (χ2n) is 6.18. The second kappa shape index (κ2) is 6.08. The molecule has 1 aromatic heterocycles. The number of carbonyl (C=O) groups excluding carboxylic acids is 1. The normalized spacial score (nSPS) is 18.3. The van der Waals surface area contributed by atoms with Crippen molar-refractivity contribution >= 4 is 22.4 Å². The summed E-state index contributed by atoms with van der Waals surface area (Å²) >= 11 is 1.56. The predicted octanol–water partition coefficient (Wildman–Crippen LogP) is 2.54. The maximum Gasteiger partial charge on any atom is 0.242 e. The fourth-order valence-corrected chi connectivity index (χ4v) is 3.78. The first-order chi connectivity index (χ1) is 11.6. The van der Waals surface area contributed by atoms with Crippen LogP contribution in [0.5, 0.6) is 0 Å². The Morgan fingerprint density at radius 2 is 2.00 bits per heavy atom. The van der Waals surface area contributed by atoms with Gasteiger partial charge >= 0.3 is 0 Å². The molecule has 2 aromatic rings. The monoisotopic (exact) mass is 350 g/mol. The van der Waals surface area contributed by atoms with E-state index in [0.29, 0.717) is 24.6 Å². The zero-order valence-corrected chi connectivity index (χ0v) is 13.7. The third-order valence-corrected chi connectivity index (χ3v) is 5.45. The quantitative estimate of drug-likeness (QED) is 0.850. The molecule has 0 radical (unpaired) electrons. The molecule has 2 heterocycles. The molecule has 2 fully saturated rings. The number of carbonyl (C=O) groups is 1. The summed E-state index contributed by atoms with van der Waals surface area (Å²) in [5, 5.41) is 10.3. The number of nitrogens with zero attached hydrogens (tertiary/aromatic N) is 4. The largest absolute Gasteiger partial charge is 0.336 e. The van der Waals surface area contributed by atoms with E-state index in [0.717, 1.165) is 22.3 Å². The molecule has 0 bridgehead atoms. The molecule has 1 saturated carbocycles. The molecule has 126 valence electrons. The number of anilines is 1. The first kappa shape index (κ1) is 15.4. The number of aromatic nitrogens is 2. The lowest BCUT2D eigenvalue weighted by Crippen LogP contribution is -2.50. The van der Waals surface area contributed by atoms with E-state index in [-0.39, 0.29) is 19.0 Å². The van der Waals surface area contributed by atoms with Gasteiger partial charge in [-0.2, -0.15) is 0 Å². The van der Waals surface area contributed by atoms with Gasteiger partial charge < -0.3 is 9.80 Å². The van der Waals surface area contributed by atoms with Crippen LogP contribution in [-0.4, -0.2) is 40.6 Å². The van der Waals surface area contributed by atoms with Crippen LogP contribution in [0.2, 0.25) is 0 Å². The van der Waals surface area contributed by atoms with Gasteiger partial charge in [0.1, 0.15) is 5.01 Å². The molecule has 24 heavy (non-hydrogen) atoms. The molecular formula is C16H16F2N4OS. The lowest BCUT2D eigenvalue weighted by molar-refractivity contribution is -0.131. The smallest absolute Gasteiger partial charge is 0.242 e. The first-order valence-corrected chi connectivity index (χ1v) is 8.72. The Labute approximate surface area is 141 Å². The molecule has 1 aromatic carbocycles. The van der Waals surface area contributed by atoms with Crippen molar-refractivity contribution in [3.05, 3.63) is 40.4 Å². The van der Waals surface area contributed by atoms with E-state index in [2.05, 4.69) is 10.2 Å². The average molecular weight is 350 g/mol.